The number of hydrogen-bond donors (Lipinski definition) is 1. The van der Waals surface area contributed by atoms with Crippen LogP contribution in [0.3, 0.4) is 0 Å². The third-order valence-electron chi connectivity index (χ3n) is 2.31. The van der Waals surface area contributed by atoms with Crippen LogP contribution in [0.4, 0.5) is 0 Å². The third kappa shape index (κ3) is 3.00. The molecule has 3 heteroatoms. The highest BCUT2D eigenvalue weighted by atomic mass is 15.2. The molecule has 0 radical (unpaired) electrons. The Hall–Kier alpha value is -1.09. The van der Waals surface area contributed by atoms with Crippen molar-refractivity contribution in [3.63, 3.8) is 0 Å². The summed E-state index contributed by atoms with van der Waals surface area (Å²) in [6.07, 6.45) is 3.09. The van der Waals surface area contributed by atoms with E-state index in [1.54, 1.807) is 0 Å². The maximum atomic E-state index is 4.28. The molecule has 14 heavy (non-hydrogen) atoms. The van der Waals surface area contributed by atoms with E-state index in [9.17, 15) is 0 Å². The smallest absolute Gasteiger partial charge is 0.0638 e. The Labute approximate surface area is 85.8 Å². The van der Waals surface area contributed by atoms with Crippen LogP contribution in [0.5, 0.6) is 0 Å². The van der Waals surface area contributed by atoms with Crippen LogP contribution in [-0.2, 0) is 13.6 Å². The molecule has 0 saturated carbocycles. The van der Waals surface area contributed by atoms with Gasteiger partial charge in [-0.2, -0.15) is 5.10 Å². The number of aryl methyl sites for hydroxylation is 2. The minimum Gasteiger partial charge on any atom is -0.309 e. The largest absolute Gasteiger partial charge is 0.309 e. The predicted molar refractivity (Wildman–Crippen MR) is 59.1 cm³/mol. The molecule has 0 saturated heterocycles. The van der Waals surface area contributed by atoms with E-state index in [4.69, 9.17) is 0 Å². The van der Waals surface area contributed by atoms with Crippen LogP contribution < -0.4 is 5.32 Å². The van der Waals surface area contributed by atoms with Crippen LogP contribution in [0.15, 0.2) is 18.3 Å². The average molecular weight is 193 g/mol. The van der Waals surface area contributed by atoms with Crippen molar-refractivity contribution in [3.8, 4) is 0 Å². The lowest BCUT2D eigenvalue weighted by Crippen LogP contribution is -2.16. The lowest BCUT2D eigenvalue weighted by atomic mass is 10.2. The van der Waals surface area contributed by atoms with E-state index in [0.29, 0.717) is 0 Å². The highest BCUT2D eigenvalue weighted by Crippen LogP contribution is 2.04. The molecule has 3 nitrogen and oxygen atoms in total. The summed E-state index contributed by atoms with van der Waals surface area (Å²) in [6, 6.07) is 0. The summed E-state index contributed by atoms with van der Waals surface area (Å²) in [7, 11) is 1.95. The zero-order valence-corrected chi connectivity index (χ0v) is 9.30. The van der Waals surface area contributed by atoms with Gasteiger partial charge in [-0.25, -0.2) is 0 Å². The zero-order valence-electron chi connectivity index (χ0n) is 9.30. The van der Waals surface area contributed by atoms with Gasteiger partial charge in [0.1, 0.15) is 0 Å². The number of hydrogen-bond acceptors (Lipinski definition) is 2. The van der Waals surface area contributed by atoms with Crippen molar-refractivity contribution < 1.29 is 0 Å². The van der Waals surface area contributed by atoms with Gasteiger partial charge in [0.05, 0.1) is 5.69 Å². The Morgan fingerprint density at radius 2 is 2.36 bits per heavy atom. The molecular formula is C11H19N3. The van der Waals surface area contributed by atoms with E-state index in [2.05, 4.69) is 30.1 Å². The van der Waals surface area contributed by atoms with Crippen LogP contribution in [0, 0.1) is 6.92 Å². The van der Waals surface area contributed by atoms with Gasteiger partial charge in [-0.05, 0) is 13.3 Å². The number of aromatic nitrogens is 2. The summed E-state index contributed by atoms with van der Waals surface area (Å²) in [5.74, 6) is 0. The van der Waals surface area contributed by atoms with Crippen LogP contribution in [0.1, 0.15) is 24.6 Å². The fourth-order valence-corrected chi connectivity index (χ4v) is 1.32. The minimum absolute atomic E-state index is 0.874. The lowest BCUT2D eigenvalue weighted by molar-refractivity contribution is 0.723. The topological polar surface area (TPSA) is 29.9 Å². The standard InChI is InChI=1S/C11H19N3/c1-5-9(2)6-12-7-11-8-14(4)13-10(11)3/h8,12H,2,5-7H2,1,3-4H3. The van der Waals surface area contributed by atoms with E-state index in [1.807, 2.05) is 18.7 Å². The second-order valence-corrected chi connectivity index (χ2v) is 3.62. The molecule has 0 bridgehead atoms. The summed E-state index contributed by atoms with van der Waals surface area (Å²) in [5.41, 5.74) is 3.60. The Morgan fingerprint density at radius 3 is 2.86 bits per heavy atom. The Balaban J connectivity index is 2.38. The molecule has 0 amide bonds. The Morgan fingerprint density at radius 1 is 1.64 bits per heavy atom. The lowest BCUT2D eigenvalue weighted by Gasteiger charge is -2.04. The summed E-state index contributed by atoms with van der Waals surface area (Å²) < 4.78 is 1.85. The van der Waals surface area contributed by atoms with Gasteiger partial charge in [-0.1, -0.05) is 19.1 Å². The second kappa shape index (κ2) is 4.96. The van der Waals surface area contributed by atoms with Crippen molar-refractivity contribution in [3.05, 3.63) is 29.6 Å². The first-order valence-corrected chi connectivity index (χ1v) is 5.00. The minimum atomic E-state index is 0.874. The second-order valence-electron chi connectivity index (χ2n) is 3.62. The number of nitrogens with zero attached hydrogens (tertiary/aromatic N) is 2. The predicted octanol–water partition coefficient (Wildman–Crippen LogP) is 1.78. The molecule has 0 unspecified atom stereocenters. The van der Waals surface area contributed by atoms with Crippen LogP contribution >= 0.6 is 0 Å². The summed E-state index contributed by atoms with van der Waals surface area (Å²) >= 11 is 0. The van der Waals surface area contributed by atoms with E-state index in [1.165, 1.54) is 11.1 Å². The van der Waals surface area contributed by atoms with Crippen molar-refractivity contribution in [2.45, 2.75) is 26.8 Å². The average Bonchev–Trinajstić information content (AvgIpc) is 2.45. The van der Waals surface area contributed by atoms with Crippen molar-refractivity contribution in [2.75, 3.05) is 6.54 Å². The van der Waals surface area contributed by atoms with E-state index in [-0.39, 0.29) is 0 Å². The van der Waals surface area contributed by atoms with Crippen LogP contribution in [-0.4, -0.2) is 16.3 Å². The first-order chi connectivity index (χ1) is 6.63. The van der Waals surface area contributed by atoms with E-state index >= 15 is 0 Å². The first kappa shape index (κ1) is 11.0. The van der Waals surface area contributed by atoms with Gasteiger partial charge in [0.2, 0.25) is 0 Å². The first-order valence-electron chi connectivity index (χ1n) is 5.00. The SMILES string of the molecule is C=C(CC)CNCc1cn(C)nc1C. The monoisotopic (exact) mass is 193 g/mol. The summed E-state index contributed by atoms with van der Waals surface area (Å²) in [5, 5.41) is 7.64. The van der Waals surface area contributed by atoms with Gasteiger partial charge in [0, 0.05) is 31.9 Å². The maximum absolute atomic E-state index is 4.28. The fourth-order valence-electron chi connectivity index (χ4n) is 1.32. The highest BCUT2D eigenvalue weighted by Gasteiger charge is 2.01. The molecule has 0 atom stereocenters. The van der Waals surface area contributed by atoms with E-state index in [0.717, 1.165) is 25.2 Å². The normalized spacial score (nSPS) is 10.5. The Kier molecular flexibility index (Phi) is 3.89. The van der Waals surface area contributed by atoms with Gasteiger partial charge in [-0.3, -0.25) is 4.68 Å². The molecular weight excluding hydrogens is 174 g/mol. The molecule has 1 rings (SSSR count). The molecule has 78 valence electrons. The number of rotatable bonds is 5. The molecule has 0 aromatic carbocycles. The number of nitrogens with one attached hydrogen (secondary N) is 1. The quantitative estimate of drug-likeness (QED) is 0.722. The molecule has 0 aliphatic rings. The molecule has 0 spiro atoms. The van der Waals surface area contributed by atoms with Gasteiger partial charge in [0.25, 0.3) is 0 Å². The molecule has 0 fully saturated rings. The maximum Gasteiger partial charge on any atom is 0.0638 e. The van der Waals surface area contributed by atoms with Crippen molar-refractivity contribution >= 4 is 0 Å². The Bertz CT molecular complexity index is 312. The fraction of sp³-hybridized carbons (Fsp3) is 0.545. The molecule has 0 aliphatic heterocycles. The summed E-state index contributed by atoms with van der Waals surface area (Å²) in [4.78, 5) is 0. The van der Waals surface area contributed by atoms with Gasteiger partial charge in [-0.15, -0.1) is 0 Å². The van der Waals surface area contributed by atoms with Crippen LogP contribution in [0.25, 0.3) is 0 Å². The van der Waals surface area contributed by atoms with Crippen molar-refractivity contribution in [1.29, 1.82) is 0 Å². The summed E-state index contributed by atoms with van der Waals surface area (Å²) in [6.45, 7) is 9.87. The van der Waals surface area contributed by atoms with Gasteiger partial charge < -0.3 is 5.32 Å². The zero-order chi connectivity index (χ0) is 10.6. The molecule has 1 heterocycles. The molecule has 0 aliphatic carbocycles. The third-order valence-corrected chi connectivity index (χ3v) is 2.31. The van der Waals surface area contributed by atoms with Gasteiger partial charge >= 0.3 is 0 Å². The molecule has 1 N–H and O–H groups in total. The van der Waals surface area contributed by atoms with E-state index < -0.39 is 0 Å². The molecule has 1 aromatic rings. The highest BCUT2D eigenvalue weighted by molar-refractivity contribution is 5.15. The van der Waals surface area contributed by atoms with Crippen LogP contribution in [0.2, 0.25) is 0 Å². The van der Waals surface area contributed by atoms with Gasteiger partial charge in [0.15, 0.2) is 0 Å². The van der Waals surface area contributed by atoms with Crippen molar-refractivity contribution in [2.24, 2.45) is 7.05 Å². The van der Waals surface area contributed by atoms with Crippen molar-refractivity contribution in [1.82, 2.24) is 15.1 Å². The molecule has 1 aromatic heterocycles.